The Morgan fingerprint density at radius 2 is 2.23 bits per heavy atom. The average Bonchev–Trinajstić information content (AvgIpc) is 2.44. The topological polar surface area (TPSA) is 59.4 Å². The Kier molecular flexibility index (Phi) is 1.74. The molecule has 0 aliphatic carbocycles. The molecule has 0 saturated carbocycles. The summed E-state index contributed by atoms with van der Waals surface area (Å²) in [5.41, 5.74) is 7.11. The van der Waals surface area contributed by atoms with E-state index >= 15 is 0 Å². The van der Waals surface area contributed by atoms with Gasteiger partial charge in [0, 0.05) is 5.56 Å². The molecular formula is C10H11NO2. The molecule has 0 unspecified atom stereocenters. The summed E-state index contributed by atoms with van der Waals surface area (Å²) in [7, 11) is 0. The molecule has 0 aliphatic rings. The third-order valence-electron chi connectivity index (χ3n) is 2.22. The SMILES string of the molecule is Cc1c(CN)oc2cccc(O)c12. The van der Waals surface area contributed by atoms with E-state index in [4.69, 9.17) is 10.2 Å². The first-order valence-corrected chi connectivity index (χ1v) is 4.14. The lowest BCUT2D eigenvalue weighted by atomic mass is 10.1. The number of benzene rings is 1. The van der Waals surface area contributed by atoms with Crippen LogP contribution < -0.4 is 5.73 Å². The fourth-order valence-corrected chi connectivity index (χ4v) is 1.52. The normalized spacial score (nSPS) is 10.9. The van der Waals surface area contributed by atoms with E-state index in [0.717, 1.165) is 16.7 Å². The standard InChI is InChI=1S/C10H11NO2/c1-6-9(5-11)13-8-4-2-3-7(12)10(6)8/h2-4,12H,5,11H2,1H3. The Balaban J connectivity index is 2.85. The molecule has 13 heavy (non-hydrogen) atoms. The largest absolute Gasteiger partial charge is 0.507 e. The zero-order valence-electron chi connectivity index (χ0n) is 7.37. The molecule has 0 bridgehead atoms. The van der Waals surface area contributed by atoms with E-state index in [9.17, 15) is 5.11 Å². The first-order valence-electron chi connectivity index (χ1n) is 4.14. The third kappa shape index (κ3) is 1.09. The molecule has 2 rings (SSSR count). The second-order valence-electron chi connectivity index (χ2n) is 3.00. The Hall–Kier alpha value is -1.48. The molecule has 0 radical (unpaired) electrons. The third-order valence-corrected chi connectivity index (χ3v) is 2.22. The van der Waals surface area contributed by atoms with Gasteiger partial charge in [0.05, 0.1) is 11.9 Å². The molecule has 0 fully saturated rings. The molecule has 0 aliphatic heterocycles. The summed E-state index contributed by atoms with van der Waals surface area (Å²) < 4.78 is 5.44. The molecule has 0 spiro atoms. The van der Waals surface area contributed by atoms with Crippen LogP contribution in [0.4, 0.5) is 0 Å². The fraction of sp³-hybridized carbons (Fsp3) is 0.200. The van der Waals surface area contributed by atoms with E-state index in [2.05, 4.69) is 0 Å². The molecule has 1 aromatic carbocycles. The maximum atomic E-state index is 9.56. The van der Waals surface area contributed by atoms with Gasteiger partial charge in [-0.05, 0) is 19.1 Å². The molecule has 1 heterocycles. The number of hydrogen-bond acceptors (Lipinski definition) is 3. The molecule has 3 N–H and O–H groups in total. The number of phenolic OH excluding ortho intramolecular Hbond substituents is 1. The van der Waals surface area contributed by atoms with Gasteiger partial charge >= 0.3 is 0 Å². The zero-order chi connectivity index (χ0) is 9.42. The highest BCUT2D eigenvalue weighted by molar-refractivity contribution is 5.87. The Morgan fingerprint density at radius 3 is 2.85 bits per heavy atom. The second-order valence-corrected chi connectivity index (χ2v) is 3.00. The first-order chi connectivity index (χ1) is 6.24. The smallest absolute Gasteiger partial charge is 0.138 e. The van der Waals surface area contributed by atoms with Crippen molar-refractivity contribution in [2.24, 2.45) is 5.73 Å². The quantitative estimate of drug-likeness (QED) is 0.699. The molecule has 0 atom stereocenters. The van der Waals surface area contributed by atoms with Crippen LogP contribution >= 0.6 is 0 Å². The van der Waals surface area contributed by atoms with Crippen molar-refractivity contribution in [1.82, 2.24) is 0 Å². The lowest BCUT2D eigenvalue weighted by Crippen LogP contribution is -1.95. The van der Waals surface area contributed by atoms with Gasteiger partial charge in [-0.2, -0.15) is 0 Å². The number of aryl methyl sites for hydroxylation is 1. The van der Waals surface area contributed by atoms with Crippen molar-refractivity contribution in [2.45, 2.75) is 13.5 Å². The van der Waals surface area contributed by atoms with Crippen molar-refractivity contribution in [2.75, 3.05) is 0 Å². The predicted octanol–water partition coefficient (Wildman–Crippen LogP) is 1.91. The van der Waals surface area contributed by atoms with Crippen LogP contribution in [0.2, 0.25) is 0 Å². The molecule has 0 amide bonds. The van der Waals surface area contributed by atoms with Gasteiger partial charge in [-0.3, -0.25) is 0 Å². The molecular weight excluding hydrogens is 166 g/mol. The summed E-state index contributed by atoms with van der Waals surface area (Å²) in [5, 5.41) is 10.3. The first kappa shape index (κ1) is 8.13. The molecule has 68 valence electrons. The molecule has 3 nitrogen and oxygen atoms in total. The lowest BCUT2D eigenvalue weighted by molar-refractivity contribution is 0.481. The number of hydrogen-bond donors (Lipinski definition) is 2. The Bertz CT molecular complexity index is 445. The number of phenols is 1. The molecule has 3 heteroatoms. The van der Waals surface area contributed by atoms with Gasteiger partial charge in [-0.15, -0.1) is 0 Å². The van der Waals surface area contributed by atoms with Gasteiger partial charge < -0.3 is 15.3 Å². The maximum Gasteiger partial charge on any atom is 0.138 e. The highest BCUT2D eigenvalue weighted by atomic mass is 16.3. The minimum atomic E-state index is 0.249. The van der Waals surface area contributed by atoms with E-state index in [1.54, 1.807) is 12.1 Å². The molecule has 0 saturated heterocycles. The van der Waals surface area contributed by atoms with Crippen LogP contribution in [0.5, 0.6) is 5.75 Å². The van der Waals surface area contributed by atoms with Crippen LogP contribution in [-0.4, -0.2) is 5.11 Å². The summed E-state index contributed by atoms with van der Waals surface area (Å²) in [4.78, 5) is 0. The Labute approximate surface area is 75.8 Å². The summed E-state index contributed by atoms with van der Waals surface area (Å²) in [6.45, 7) is 2.26. The summed E-state index contributed by atoms with van der Waals surface area (Å²) in [6.07, 6.45) is 0. The minimum Gasteiger partial charge on any atom is -0.507 e. The van der Waals surface area contributed by atoms with Gasteiger partial charge in [0.25, 0.3) is 0 Å². The van der Waals surface area contributed by atoms with Crippen molar-refractivity contribution < 1.29 is 9.52 Å². The summed E-state index contributed by atoms with van der Waals surface area (Å²) in [5.74, 6) is 0.981. The van der Waals surface area contributed by atoms with Crippen molar-refractivity contribution in [1.29, 1.82) is 0 Å². The van der Waals surface area contributed by atoms with Crippen LogP contribution in [-0.2, 0) is 6.54 Å². The maximum absolute atomic E-state index is 9.56. The summed E-state index contributed by atoms with van der Waals surface area (Å²) in [6, 6.07) is 5.22. The zero-order valence-corrected chi connectivity index (χ0v) is 7.37. The van der Waals surface area contributed by atoms with Crippen molar-refractivity contribution in [3.8, 4) is 5.75 Å². The van der Waals surface area contributed by atoms with Crippen molar-refractivity contribution >= 4 is 11.0 Å². The number of aromatic hydroxyl groups is 1. The summed E-state index contributed by atoms with van der Waals surface area (Å²) >= 11 is 0. The van der Waals surface area contributed by atoms with E-state index in [0.29, 0.717) is 12.1 Å². The van der Waals surface area contributed by atoms with Crippen LogP contribution in [0.25, 0.3) is 11.0 Å². The van der Waals surface area contributed by atoms with Gasteiger partial charge in [0.2, 0.25) is 0 Å². The molecule has 1 aromatic heterocycles. The van der Waals surface area contributed by atoms with Crippen LogP contribution in [0.3, 0.4) is 0 Å². The number of nitrogens with two attached hydrogens (primary N) is 1. The second kappa shape index (κ2) is 2.78. The lowest BCUT2D eigenvalue weighted by Gasteiger charge is -1.93. The number of rotatable bonds is 1. The van der Waals surface area contributed by atoms with Gasteiger partial charge in [-0.25, -0.2) is 0 Å². The number of furan rings is 1. The predicted molar refractivity (Wildman–Crippen MR) is 50.5 cm³/mol. The van der Waals surface area contributed by atoms with Crippen LogP contribution in [0.1, 0.15) is 11.3 Å². The minimum absolute atomic E-state index is 0.249. The average molecular weight is 177 g/mol. The van der Waals surface area contributed by atoms with E-state index in [-0.39, 0.29) is 5.75 Å². The fourth-order valence-electron chi connectivity index (χ4n) is 1.52. The highest BCUT2D eigenvalue weighted by Gasteiger charge is 2.11. The highest BCUT2D eigenvalue weighted by Crippen LogP contribution is 2.31. The van der Waals surface area contributed by atoms with E-state index in [1.807, 2.05) is 13.0 Å². The number of fused-ring (bicyclic) bond motifs is 1. The van der Waals surface area contributed by atoms with Crippen molar-refractivity contribution in [3.63, 3.8) is 0 Å². The van der Waals surface area contributed by atoms with Gasteiger partial charge in [-0.1, -0.05) is 6.07 Å². The van der Waals surface area contributed by atoms with Crippen LogP contribution in [0, 0.1) is 6.92 Å². The van der Waals surface area contributed by atoms with Crippen molar-refractivity contribution in [3.05, 3.63) is 29.5 Å². The molecule has 2 aromatic rings. The van der Waals surface area contributed by atoms with Gasteiger partial charge in [0.15, 0.2) is 0 Å². The van der Waals surface area contributed by atoms with Gasteiger partial charge in [0.1, 0.15) is 17.1 Å². The van der Waals surface area contributed by atoms with E-state index < -0.39 is 0 Å². The Morgan fingerprint density at radius 1 is 1.46 bits per heavy atom. The monoisotopic (exact) mass is 177 g/mol. The van der Waals surface area contributed by atoms with Crippen LogP contribution in [0.15, 0.2) is 22.6 Å². The van der Waals surface area contributed by atoms with E-state index in [1.165, 1.54) is 0 Å².